The fourth-order valence-corrected chi connectivity index (χ4v) is 2.47. The van der Waals surface area contributed by atoms with Gasteiger partial charge in [-0.25, -0.2) is 0 Å². The number of halogens is 3. The lowest BCUT2D eigenvalue weighted by Crippen LogP contribution is -2.23. The molecule has 1 aliphatic rings. The predicted molar refractivity (Wildman–Crippen MR) is 88.6 cm³/mol. The minimum atomic E-state index is -4.29. The Morgan fingerprint density at radius 3 is 2.62 bits per heavy atom. The van der Waals surface area contributed by atoms with Crippen molar-refractivity contribution >= 4 is 23.7 Å². The number of ether oxygens (including phenoxy) is 1. The molecule has 1 saturated carbocycles. The molecule has 0 atom stereocenters. The van der Waals surface area contributed by atoms with Crippen LogP contribution in [0.25, 0.3) is 6.08 Å². The van der Waals surface area contributed by atoms with Gasteiger partial charge in [-0.05, 0) is 60.7 Å². The van der Waals surface area contributed by atoms with Gasteiger partial charge in [-0.3, -0.25) is 4.79 Å². The molecular formula is C17H20F3NO2S. The summed E-state index contributed by atoms with van der Waals surface area (Å²) in [6.07, 6.45) is 6.22. The lowest BCUT2D eigenvalue weighted by molar-refractivity contribution is -0.116. The summed E-state index contributed by atoms with van der Waals surface area (Å²) in [6.45, 7) is 1.99. The number of hydrogen-bond donors (Lipinski definition) is 1. The summed E-state index contributed by atoms with van der Waals surface area (Å²) >= 11 is -0.158. The second kappa shape index (κ2) is 9.13. The summed E-state index contributed by atoms with van der Waals surface area (Å²) in [5.74, 6) is 0.509. The summed E-state index contributed by atoms with van der Waals surface area (Å²) < 4.78 is 42.1. The van der Waals surface area contributed by atoms with Crippen LogP contribution < -0.4 is 5.32 Å². The van der Waals surface area contributed by atoms with Crippen LogP contribution in [0.15, 0.2) is 35.2 Å². The van der Waals surface area contributed by atoms with Crippen LogP contribution in [0.2, 0.25) is 0 Å². The molecule has 0 bridgehead atoms. The van der Waals surface area contributed by atoms with E-state index in [0.717, 1.165) is 18.9 Å². The molecule has 0 aromatic heterocycles. The molecule has 132 valence electrons. The Morgan fingerprint density at radius 1 is 1.29 bits per heavy atom. The van der Waals surface area contributed by atoms with Gasteiger partial charge in [0.15, 0.2) is 0 Å². The topological polar surface area (TPSA) is 38.3 Å². The Kier molecular flexibility index (Phi) is 7.17. The standard InChI is InChI=1S/C17H20F3NO2S/c18-17(19,20)24-15-7-4-13(5-8-15)6-9-16(22)21-10-1-11-23-12-14-2-3-14/h4-9,14H,1-3,10-12H2,(H,21,22)/b9-6+. The molecule has 7 heteroatoms. The number of carbonyl (C=O) groups is 1. The van der Waals surface area contributed by atoms with Crippen molar-refractivity contribution in [1.82, 2.24) is 5.32 Å². The first kappa shape index (κ1) is 18.9. The monoisotopic (exact) mass is 359 g/mol. The first-order valence-corrected chi connectivity index (χ1v) is 8.63. The molecule has 0 heterocycles. The van der Waals surface area contributed by atoms with Crippen LogP contribution in [0.1, 0.15) is 24.8 Å². The first-order chi connectivity index (χ1) is 11.4. The van der Waals surface area contributed by atoms with Crippen molar-refractivity contribution in [1.29, 1.82) is 0 Å². The van der Waals surface area contributed by atoms with Gasteiger partial charge in [-0.1, -0.05) is 12.1 Å². The smallest absolute Gasteiger partial charge is 0.381 e. The van der Waals surface area contributed by atoms with E-state index in [1.54, 1.807) is 18.2 Å². The zero-order chi connectivity index (χ0) is 17.4. The van der Waals surface area contributed by atoms with Crippen LogP contribution in [0, 0.1) is 5.92 Å². The van der Waals surface area contributed by atoms with Gasteiger partial charge in [-0.15, -0.1) is 0 Å². The van der Waals surface area contributed by atoms with Crippen LogP contribution in [0.4, 0.5) is 13.2 Å². The van der Waals surface area contributed by atoms with Crippen molar-refractivity contribution in [3.8, 4) is 0 Å². The van der Waals surface area contributed by atoms with Crippen LogP contribution in [0.3, 0.4) is 0 Å². The molecule has 1 aromatic rings. The van der Waals surface area contributed by atoms with E-state index in [1.807, 2.05) is 0 Å². The Labute approximate surface area is 143 Å². The van der Waals surface area contributed by atoms with E-state index >= 15 is 0 Å². The third-order valence-electron chi connectivity index (χ3n) is 3.36. The van der Waals surface area contributed by atoms with E-state index in [1.165, 1.54) is 31.1 Å². The zero-order valence-electron chi connectivity index (χ0n) is 13.1. The number of alkyl halides is 3. The van der Waals surface area contributed by atoms with Gasteiger partial charge in [0.1, 0.15) is 0 Å². The van der Waals surface area contributed by atoms with Crippen molar-refractivity contribution in [2.45, 2.75) is 29.7 Å². The van der Waals surface area contributed by atoms with E-state index in [4.69, 9.17) is 4.74 Å². The average Bonchev–Trinajstić information content (AvgIpc) is 3.33. The summed E-state index contributed by atoms with van der Waals surface area (Å²) in [5.41, 5.74) is -3.62. The van der Waals surface area contributed by atoms with Crippen molar-refractivity contribution < 1.29 is 22.7 Å². The van der Waals surface area contributed by atoms with Crippen molar-refractivity contribution in [3.63, 3.8) is 0 Å². The molecule has 0 saturated heterocycles. The molecule has 1 fully saturated rings. The highest BCUT2D eigenvalue weighted by molar-refractivity contribution is 8.00. The van der Waals surface area contributed by atoms with Crippen LogP contribution >= 0.6 is 11.8 Å². The Balaban J connectivity index is 1.63. The molecule has 1 amide bonds. The largest absolute Gasteiger partial charge is 0.446 e. The molecule has 2 rings (SSSR count). The second-order valence-corrected chi connectivity index (χ2v) is 6.75. The fourth-order valence-electron chi connectivity index (χ4n) is 1.93. The lowest BCUT2D eigenvalue weighted by atomic mass is 10.2. The fraction of sp³-hybridized carbons (Fsp3) is 0.471. The maximum absolute atomic E-state index is 12.2. The normalized spacial score (nSPS) is 15.0. The Morgan fingerprint density at radius 2 is 2.00 bits per heavy atom. The molecule has 24 heavy (non-hydrogen) atoms. The van der Waals surface area contributed by atoms with Gasteiger partial charge in [0.05, 0.1) is 0 Å². The average molecular weight is 359 g/mol. The van der Waals surface area contributed by atoms with Crippen LogP contribution in [-0.2, 0) is 9.53 Å². The van der Waals surface area contributed by atoms with E-state index in [9.17, 15) is 18.0 Å². The predicted octanol–water partition coefficient (Wildman–Crippen LogP) is 4.24. The number of rotatable bonds is 9. The van der Waals surface area contributed by atoms with Gasteiger partial charge in [0.2, 0.25) is 5.91 Å². The quantitative estimate of drug-likeness (QED) is 0.407. The van der Waals surface area contributed by atoms with Gasteiger partial charge in [0, 0.05) is 30.7 Å². The molecule has 1 aliphatic carbocycles. The summed E-state index contributed by atoms with van der Waals surface area (Å²) in [5, 5.41) is 2.74. The first-order valence-electron chi connectivity index (χ1n) is 7.82. The van der Waals surface area contributed by atoms with Crippen LogP contribution in [-0.4, -0.2) is 31.2 Å². The minimum absolute atomic E-state index is 0.121. The maximum atomic E-state index is 12.2. The number of carbonyl (C=O) groups excluding carboxylic acids is 1. The molecule has 1 aromatic carbocycles. The summed E-state index contributed by atoms with van der Waals surface area (Å²) in [4.78, 5) is 11.8. The highest BCUT2D eigenvalue weighted by Gasteiger charge is 2.28. The van der Waals surface area contributed by atoms with Crippen molar-refractivity contribution in [2.24, 2.45) is 5.92 Å². The maximum Gasteiger partial charge on any atom is 0.446 e. The minimum Gasteiger partial charge on any atom is -0.381 e. The van der Waals surface area contributed by atoms with Gasteiger partial charge in [0.25, 0.3) is 0 Å². The highest BCUT2D eigenvalue weighted by atomic mass is 32.2. The molecule has 0 unspecified atom stereocenters. The molecule has 0 aliphatic heterocycles. The van der Waals surface area contributed by atoms with E-state index in [2.05, 4.69) is 5.32 Å². The van der Waals surface area contributed by atoms with Gasteiger partial charge < -0.3 is 10.1 Å². The second-order valence-electron chi connectivity index (χ2n) is 5.61. The molecular weight excluding hydrogens is 339 g/mol. The van der Waals surface area contributed by atoms with Crippen molar-refractivity contribution in [2.75, 3.05) is 19.8 Å². The molecule has 0 spiro atoms. The van der Waals surface area contributed by atoms with Crippen LogP contribution in [0.5, 0.6) is 0 Å². The SMILES string of the molecule is O=C(/C=C/c1ccc(SC(F)(F)F)cc1)NCCCOCC1CC1. The third kappa shape index (κ3) is 8.40. The van der Waals surface area contributed by atoms with Crippen molar-refractivity contribution in [3.05, 3.63) is 35.9 Å². The highest BCUT2D eigenvalue weighted by Crippen LogP contribution is 2.36. The van der Waals surface area contributed by atoms with E-state index in [0.29, 0.717) is 18.7 Å². The zero-order valence-corrected chi connectivity index (χ0v) is 14.0. The molecule has 1 N–H and O–H groups in total. The number of benzene rings is 1. The lowest BCUT2D eigenvalue weighted by Gasteiger charge is -2.05. The third-order valence-corrected chi connectivity index (χ3v) is 4.10. The number of hydrogen-bond acceptors (Lipinski definition) is 3. The van der Waals surface area contributed by atoms with E-state index in [-0.39, 0.29) is 22.6 Å². The number of amides is 1. The molecule has 3 nitrogen and oxygen atoms in total. The number of thioether (sulfide) groups is 1. The van der Waals surface area contributed by atoms with Gasteiger partial charge >= 0.3 is 5.51 Å². The molecule has 0 radical (unpaired) electrons. The number of nitrogens with one attached hydrogen (secondary N) is 1. The Bertz CT molecular complexity index is 554. The summed E-state index contributed by atoms with van der Waals surface area (Å²) in [6, 6.07) is 5.85. The van der Waals surface area contributed by atoms with E-state index < -0.39 is 5.51 Å². The summed E-state index contributed by atoms with van der Waals surface area (Å²) in [7, 11) is 0. The van der Waals surface area contributed by atoms with Gasteiger partial charge in [-0.2, -0.15) is 13.2 Å². The Hall–Kier alpha value is -1.47.